The number of aliphatic hydroxyl groups excluding tert-OH is 3. The molecular formula is C20H29N7O7S. The third-order valence-electron chi connectivity index (χ3n) is 4.78. The highest BCUT2D eigenvalue weighted by Gasteiger charge is 2.23. The molecule has 4 atom stereocenters. The Labute approximate surface area is 206 Å². The van der Waals surface area contributed by atoms with Crippen molar-refractivity contribution in [1.29, 1.82) is 0 Å². The summed E-state index contributed by atoms with van der Waals surface area (Å²) in [6, 6.07) is -0.921. The lowest BCUT2D eigenvalue weighted by atomic mass is 10.1. The van der Waals surface area contributed by atoms with E-state index in [1.807, 2.05) is 0 Å². The van der Waals surface area contributed by atoms with Crippen LogP contribution in [0, 0.1) is 11.8 Å². The Kier molecular flexibility index (Phi) is 11.1. The molecule has 0 spiro atoms. The fourth-order valence-electron chi connectivity index (χ4n) is 2.86. The average molecular weight is 512 g/mol. The second-order valence-electron chi connectivity index (χ2n) is 7.37. The van der Waals surface area contributed by atoms with Crippen LogP contribution in [0.5, 0.6) is 0 Å². The summed E-state index contributed by atoms with van der Waals surface area (Å²) in [4.78, 5) is 35.1. The van der Waals surface area contributed by atoms with E-state index in [9.17, 15) is 19.8 Å². The number of amides is 1. The molecule has 0 saturated heterocycles. The van der Waals surface area contributed by atoms with Gasteiger partial charge in [0.05, 0.1) is 38.7 Å². The summed E-state index contributed by atoms with van der Waals surface area (Å²) in [7, 11) is 0. The van der Waals surface area contributed by atoms with E-state index in [0.717, 1.165) is 0 Å². The molecule has 2 unspecified atom stereocenters. The number of anilines is 1. The van der Waals surface area contributed by atoms with Crippen LogP contribution >= 0.6 is 12.6 Å². The smallest absolute Gasteiger partial charge is 0.303 e. The maximum Gasteiger partial charge on any atom is 0.303 e. The predicted octanol–water partition coefficient (Wildman–Crippen LogP) is -1.91. The molecule has 0 aliphatic carbocycles. The van der Waals surface area contributed by atoms with Crippen molar-refractivity contribution in [3.8, 4) is 11.8 Å². The van der Waals surface area contributed by atoms with Gasteiger partial charge in [0.1, 0.15) is 29.0 Å². The summed E-state index contributed by atoms with van der Waals surface area (Å²) in [5.74, 6) is 4.22. The number of nitrogens with zero attached hydrogens (tertiary/aromatic N) is 4. The Morgan fingerprint density at radius 2 is 1.97 bits per heavy atom. The minimum absolute atomic E-state index is 0.0327. The molecule has 2 aromatic rings. The summed E-state index contributed by atoms with van der Waals surface area (Å²) in [5.41, 5.74) is 6.40. The van der Waals surface area contributed by atoms with Crippen LogP contribution < -0.4 is 16.4 Å². The van der Waals surface area contributed by atoms with Gasteiger partial charge < -0.3 is 41.5 Å². The van der Waals surface area contributed by atoms with Crippen LogP contribution in [0.1, 0.15) is 26.0 Å². The number of carbonyl (C=O) groups is 2. The van der Waals surface area contributed by atoms with E-state index in [0.29, 0.717) is 16.2 Å². The molecule has 0 radical (unpaired) electrons. The third-order valence-corrected chi connectivity index (χ3v) is 5.09. The molecule has 2 aromatic heterocycles. The first-order chi connectivity index (χ1) is 16.7. The summed E-state index contributed by atoms with van der Waals surface area (Å²) in [5, 5.41) is 42.6. The number of thiol groups is 1. The van der Waals surface area contributed by atoms with E-state index in [2.05, 4.69) is 50.1 Å². The zero-order valence-corrected chi connectivity index (χ0v) is 19.9. The van der Waals surface area contributed by atoms with Crippen LogP contribution in [0.2, 0.25) is 0 Å². The Bertz CT molecular complexity index is 1070. The maximum absolute atomic E-state index is 11.8. The molecular weight excluding hydrogens is 482 g/mol. The first-order valence-electron chi connectivity index (χ1n) is 10.6. The number of carboxylic acid groups (broad SMARTS) is 1. The van der Waals surface area contributed by atoms with Crippen molar-refractivity contribution in [1.82, 2.24) is 24.8 Å². The first-order valence-corrected chi connectivity index (χ1v) is 11.1. The van der Waals surface area contributed by atoms with Gasteiger partial charge in [0.2, 0.25) is 11.9 Å². The lowest BCUT2D eigenvalue weighted by Gasteiger charge is -2.24. The normalized spacial score (nSPS) is 14.5. The van der Waals surface area contributed by atoms with Gasteiger partial charge in [-0.1, -0.05) is 11.8 Å². The zero-order valence-electron chi connectivity index (χ0n) is 19.0. The van der Waals surface area contributed by atoms with Gasteiger partial charge in [0, 0.05) is 6.42 Å². The highest BCUT2D eigenvalue weighted by atomic mass is 32.1. The Balaban J connectivity index is 1.97. The zero-order chi connectivity index (χ0) is 26.0. The number of hydrogen-bond acceptors (Lipinski definition) is 12. The van der Waals surface area contributed by atoms with Crippen molar-refractivity contribution in [2.24, 2.45) is 5.73 Å². The van der Waals surface area contributed by atoms with Gasteiger partial charge >= 0.3 is 5.97 Å². The van der Waals surface area contributed by atoms with Crippen molar-refractivity contribution < 1.29 is 34.8 Å². The fraction of sp³-hybridized carbons (Fsp3) is 0.550. The van der Waals surface area contributed by atoms with Gasteiger partial charge in [-0.3, -0.25) is 14.2 Å². The quantitative estimate of drug-likeness (QED) is 0.0839. The molecule has 14 nitrogen and oxygen atoms in total. The Morgan fingerprint density at radius 3 is 2.63 bits per heavy atom. The number of carboxylic acids is 1. The molecule has 1 amide bonds. The standard InChI is InChI=1S/C20H29N7O7S/c1-11(34-14(9-29)13(30)8-28)27-10-24-16-17(27)25-20(26-19(16)35)23-7-3-2-6-22-18(33)12(21)4-5-15(31)32/h10-14,28-30H,4-9,21H2,1H3,(H,22,33)(H,31,32)(H2,23,25,26,35)/t11?,12?,13-,14-/m1/s1. The monoisotopic (exact) mass is 511 g/mol. The van der Waals surface area contributed by atoms with E-state index in [1.165, 1.54) is 6.33 Å². The van der Waals surface area contributed by atoms with Crippen LogP contribution in [-0.4, -0.2) is 96.4 Å². The van der Waals surface area contributed by atoms with Crippen molar-refractivity contribution >= 4 is 41.6 Å². The fourth-order valence-corrected chi connectivity index (χ4v) is 3.11. The van der Waals surface area contributed by atoms with Crippen LogP contribution in [-0.2, 0) is 14.3 Å². The van der Waals surface area contributed by atoms with Gasteiger partial charge in [-0.25, -0.2) is 9.97 Å². The number of hydrogen-bond donors (Lipinski definition) is 8. The second kappa shape index (κ2) is 13.8. The molecule has 0 aromatic carbocycles. The molecule has 0 saturated carbocycles. The molecule has 192 valence electrons. The topological polar surface area (TPSA) is 218 Å². The minimum atomic E-state index is -1.26. The second-order valence-corrected chi connectivity index (χ2v) is 7.79. The number of aromatic nitrogens is 4. The number of aliphatic hydroxyl groups is 3. The molecule has 0 aliphatic heterocycles. The Morgan fingerprint density at radius 1 is 1.26 bits per heavy atom. The minimum Gasteiger partial charge on any atom is -0.481 e. The van der Waals surface area contributed by atoms with E-state index >= 15 is 0 Å². The van der Waals surface area contributed by atoms with Crippen LogP contribution in [0.25, 0.3) is 11.2 Å². The number of fused-ring (bicyclic) bond motifs is 1. The van der Waals surface area contributed by atoms with E-state index in [1.54, 1.807) is 11.5 Å². The maximum atomic E-state index is 11.8. The largest absolute Gasteiger partial charge is 0.481 e. The number of imidazole rings is 1. The molecule has 15 heteroatoms. The molecule has 0 aliphatic rings. The van der Waals surface area contributed by atoms with Crippen molar-refractivity contribution in [2.75, 3.05) is 31.6 Å². The predicted molar refractivity (Wildman–Crippen MR) is 126 cm³/mol. The highest BCUT2D eigenvalue weighted by molar-refractivity contribution is 7.80. The Hall–Kier alpha value is -3.00. The third kappa shape index (κ3) is 8.31. The van der Waals surface area contributed by atoms with Crippen LogP contribution in [0.15, 0.2) is 11.4 Å². The van der Waals surface area contributed by atoms with E-state index < -0.39 is 49.6 Å². The molecule has 0 fully saturated rings. The molecule has 0 bridgehead atoms. The van der Waals surface area contributed by atoms with Gasteiger partial charge in [-0.05, 0) is 13.3 Å². The number of rotatable bonds is 13. The number of aliphatic carboxylic acids is 1. The van der Waals surface area contributed by atoms with Crippen LogP contribution in [0.4, 0.5) is 5.95 Å². The number of ether oxygens (including phenoxy) is 1. The number of nitrogens with two attached hydrogens (primary N) is 1. The lowest BCUT2D eigenvalue weighted by molar-refractivity contribution is -0.137. The van der Waals surface area contributed by atoms with E-state index in [4.69, 9.17) is 20.7 Å². The van der Waals surface area contributed by atoms with Crippen molar-refractivity contribution in [3.63, 3.8) is 0 Å². The highest BCUT2D eigenvalue weighted by Crippen LogP contribution is 2.23. The van der Waals surface area contributed by atoms with Gasteiger partial charge in [-0.15, -0.1) is 12.6 Å². The van der Waals surface area contributed by atoms with Crippen molar-refractivity contribution in [2.45, 2.75) is 49.3 Å². The van der Waals surface area contributed by atoms with E-state index in [-0.39, 0.29) is 31.9 Å². The lowest BCUT2D eigenvalue weighted by Crippen LogP contribution is -2.41. The molecule has 8 N–H and O–H groups in total. The first kappa shape index (κ1) is 28.2. The number of nitrogens with one attached hydrogen (secondary N) is 2. The number of carbonyl (C=O) groups excluding carboxylic acids is 1. The summed E-state index contributed by atoms with van der Waals surface area (Å²) in [6.45, 7) is 0.781. The van der Waals surface area contributed by atoms with Gasteiger partial charge in [-0.2, -0.15) is 4.98 Å². The molecule has 2 heterocycles. The average Bonchev–Trinajstić information content (AvgIpc) is 3.27. The molecule has 35 heavy (non-hydrogen) atoms. The summed E-state index contributed by atoms with van der Waals surface area (Å²) < 4.78 is 7.19. The summed E-state index contributed by atoms with van der Waals surface area (Å²) >= 11 is 4.33. The van der Waals surface area contributed by atoms with Gasteiger partial charge in [0.15, 0.2) is 5.65 Å². The molecule has 2 rings (SSSR count). The van der Waals surface area contributed by atoms with Gasteiger partial charge in [0.25, 0.3) is 0 Å². The van der Waals surface area contributed by atoms with Crippen molar-refractivity contribution in [3.05, 3.63) is 6.33 Å². The summed E-state index contributed by atoms with van der Waals surface area (Å²) in [6.07, 6.45) is -1.67. The SMILES string of the molecule is CC(O[C@H](CO)[C@H](O)CO)n1cnc2c(S)nc(NCC#CCNC(=O)C(N)CCC(=O)O)nc21. The van der Waals surface area contributed by atoms with Crippen LogP contribution in [0.3, 0.4) is 0 Å².